The van der Waals surface area contributed by atoms with Crippen molar-refractivity contribution in [1.82, 2.24) is 19.9 Å². The molecule has 3 heterocycles. The number of rotatable bonds is 8. The zero-order valence-electron chi connectivity index (χ0n) is 20.7. The van der Waals surface area contributed by atoms with Gasteiger partial charge in [-0.1, -0.05) is 31.7 Å². The minimum Gasteiger partial charge on any atom is -0.381 e. The number of pyridine rings is 1. The van der Waals surface area contributed by atoms with Crippen LogP contribution < -0.4 is 10.6 Å². The molecule has 36 heavy (non-hydrogen) atoms. The van der Waals surface area contributed by atoms with Gasteiger partial charge in [-0.2, -0.15) is 4.31 Å². The number of sulfonamides is 1. The molecule has 3 fully saturated rings. The summed E-state index contributed by atoms with van der Waals surface area (Å²) >= 11 is 0. The molecule has 4 rings (SSSR count). The predicted octanol–water partition coefficient (Wildman–Crippen LogP) is 1.41. The van der Waals surface area contributed by atoms with E-state index in [4.69, 9.17) is 4.74 Å². The van der Waals surface area contributed by atoms with Crippen LogP contribution in [-0.2, 0) is 29.1 Å². The first kappa shape index (κ1) is 26.7. The Kier molecular flexibility index (Phi) is 8.74. The van der Waals surface area contributed by atoms with Crippen molar-refractivity contribution in [3.8, 4) is 0 Å². The Morgan fingerprint density at radius 3 is 2.61 bits per heavy atom. The van der Waals surface area contributed by atoms with Crippen molar-refractivity contribution in [2.75, 3.05) is 19.8 Å². The van der Waals surface area contributed by atoms with Crippen LogP contribution in [0.15, 0.2) is 29.4 Å². The molecule has 2 N–H and O–H groups in total. The molecular formula is C25H36N4O6S. The second kappa shape index (κ2) is 11.8. The average Bonchev–Trinajstić information content (AvgIpc) is 3.57. The van der Waals surface area contributed by atoms with E-state index in [1.165, 1.54) is 16.6 Å². The summed E-state index contributed by atoms with van der Waals surface area (Å²) in [5.74, 6) is -0.873. The fraction of sp³-hybridized carbons (Fsp3) is 0.680. The predicted molar refractivity (Wildman–Crippen MR) is 131 cm³/mol. The van der Waals surface area contributed by atoms with E-state index in [9.17, 15) is 22.8 Å². The molecule has 0 radical (unpaired) electrons. The van der Waals surface area contributed by atoms with Crippen LogP contribution in [0, 0.1) is 11.8 Å². The zero-order chi connectivity index (χ0) is 25.7. The van der Waals surface area contributed by atoms with Crippen LogP contribution in [0.2, 0.25) is 0 Å². The van der Waals surface area contributed by atoms with E-state index >= 15 is 0 Å². The fourth-order valence-electron chi connectivity index (χ4n) is 5.34. The summed E-state index contributed by atoms with van der Waals surface area (Å²) in [6, 6.07) is 2.64. The highest BCUT2D eigenvalue weighted by Gasteiger charge is 2.38. The van der Waals surface area contributed by atoms with Crippen LogP contribution >= 0.6 is 0 Å². The normalized spacial score (nSPS) is 26.9. The van der Waals surface area contributed by atoms with Crippen molar-refractivity contribution in [2.45, 2.75) is 81.4 Å². The SMILES string of the molecule is C[C@@H]1CC[C@H](NC(=O)[C@H](CC2CCCC2)NC(=O)C2CCOC2)C(=O)CN1S(=O)(=O)c1ccccn1. The minimum atomic E-state index is -3.96. The van der Waals surface area contributed by atoms with Crippen molar-refractivity contribution in [1.29, 1.82) is 0 Å². The third-order valence-corrected chi connectivity index (χ3v) is 9.45. The third kappa shape index (κ3) is 6.30. The molecule has 10 nitrogen and oxygen atoms in total. The molecule has 198 valence electrons. The summed E-state index contributed by atoms with van der Waals surface area (Å²) in [6.07, 6.45) is 7.55. The molecule has 0 bridgehead atoms. The van der Waals surface area contributed by atoms with E-state index in [2.05, 4.69) is 15.6 Å². The zero-order valence-corrected chi connectivity index (χ0v) is 21.5. The maximum absolute atomic E-state index is 13.3. The molecule has 2 amide bonds. The summed E-state index contributed by atoms with van der Waals surface area (Å²) in [5.41, 5.74) is 0. The minimum absolute atomic E-state index is 0.109. The number of aromatic nitrogens is 1. The van der Waals surface area contributed by atoms with Crippen LogP contribution in [0.1, 0.15) is 58.3 Å². The number of carbonyl (C=O) groups is 3. The van der Waals surface area contributed by atoms with Gasteiger partial charge in [0.15, 0.2) is 10.8 Å². The summed E-state index contributed by atoms with van der Waals surface area (Å²) in [6.45, 7) is 2.29. The Morgan fingerprint density at radius 1 is 1.17 bits per heavy atom. The maximum Gasteiger partial charge on any atom is 0.261 e. The summed E-state index contributed by atoms with van der Waals surface area (Å²) in [7, 11) is -3.96. The second-order valence-corrected chi connectivity index (χ2v) is 12.0. The molecule has 1 saturated carbocycles. The van der Waals surface area contributed by atoms with E-state index in [1.807, 2.05) is 0 Å². The van der Waals surface area contributed by atoms with Crippen LogP contribution in [0.5, 0.6) is 0 Å². The number of nitrogens with zero attached hydrogens (tertiary/aromatic N) is 2. The summed E-state index contributed by atoms with van der Waals surface area (Å²) in [5, 5.41) is 5.64. The van der Waals surface area contributed by atoms with Crippen LogP contribution in [-0.4, -0.2) is 73.2 Å². The van der Waals surface area contributed by atoms with Crippen molar-refractivity contribution in [2.24, 2.45) is 11.8 Å². The molecule has 2 aliphatic heterocycles. The molecule has 0 aromatic carbocycles. The lowest BCUT2D eigenvalue weighted by Crippen LogP contribution is -2.53. The molecule has 2 saturated heterocycles. The summed E-state index contributed by atoms with van der Waals surface area (Å²) < 4.78 is 32.8. The number of amides is 2. The van der Waals surface area contributed by atoms with Gasteiger partial charge in [0.05, 0.1) is 25.1 Å². The number of Topliss-reactive ketones (excluding diaryl/α,β-unsaturated/α-hetero) is 1. The Balaban J connectivity index is 1.44. The van der Waals surface area contributed by atoms with Gasteiger partial charge in [-0.05, 0) is 50.7 Å². The van der Waals surface area contributed by atoms with Gasteiger partial charge >= 0.3 is 0 Å². The van der Waals surface area contributed by atoms with E-state index in [1.54, 1.807) is 19.1 Å². The molecule has 1 aromatic rings. The number of hydrogen-bond acceptors (Lipinski definition) is 7. The van der Waals surface area contributed by atoms with Crippen molar-refractivity contribution in [3.63, 3.8) is 0 Å². The molecule has 3 aliphatic rings. The van der Waals surface area contributed by atoms with Gasteiger partial charge in [-0.25, -0.2) is 13.4 Å². The summed E-state index contributed by atoms with van der Waals surface area (Å²) in [4.78, 5) is 43.2. The fourth-order valence-corrected chi connectivity index (χ4v) is 6.90. The highest BCUT2D eigenvalue weighted by molar-refractivity contribution is 7.89. The lowest BCUT2D eigenvalue weighted by molar-refractivity contribution is -0.133. The topological polar surface area (TPSA) is 135 Å². The van der Waals surface area contributed by atoms with Crippen LogP contribution in [0.25, 0.3) is 0 Å². The van der Waals surface area contributed by atoms with Gasteiger partial charge in [0.1, 0.15) is 6.04 Å². The molecule has 1 aromatic heterocycles. The smallest absolute Gasteiger partial charge is 0.261 e. The Morgan fingerprint density at radius 2 is 1.94 bits per heavy atom. The van der Waals surface area contributed by atoms with Gasteiger partial charge in [0.25, 0.3) is 10.0 Å². The number of carbonyl (C=O) groups excluding carboxylic acids is 3. The van der Waals surface area contributed by atoms with Crippen LogP contribution in [0.3, 0.4) is 0 Å². The monoisotopic (exact) mass is 520 g/mol. The molecule has 1 unspecified atom stereocenters. The number of nitrogens with one attached hydrogen (secondary N) is 2. The van der Waals surface area contributed by atoms with Crippen molar-refractivity contribution in [3.05, 3.63) is 24.4 Å². The lowest BCUT2D eigenvalue weighted by atomic mass is 9.96. The lowest BCUT2D eigenvalue weighted by Gasteiger charge is -2.25. The average molecular weight is 521 g/mol. The highest BCUT2D eigenvalue weighted by Crippen LogP contribution is 2.29. The Hall–Kier alpha value is -2.37. The van der Waals surface area contributed by atoms with Crippen molar-refractivity contribution >= 4 is 27.6 Å². The Labute approximate surface area is 212 Å². The molecule has 0 spiro atoms. The molecule has 11 heteroatoms. The van der Waals surface area contributed by atoms with Crippen LogP contribution in [0.4, 0.5) is 0 Å². The molecule has 1 aliphatic carbocycles. The van der Waals surface area contributed by atoms with E-state index < -0.39 is 28.1 Å². The van der Waals surface area contributed by atoms with Gasteiger partial charge in [-0.3, -0.25) is 14.4 Å². The second-order valence-electron chi connectivity index (χ2n) is 10.2. The molecular weight excluding hydrogens is 484 g/mol. The van der Waals surface area contributed by atoms with Gasteiger partial charge in [0, 0.05) is 18.8 Å². The maximum atomic E-state index is 13.3. The number of ketones is 1. The first-order valence-electron chi connectivity index (χ1n) is 12.9. The highest BCUT2D eigenvalue weighted by atomic mass is 32.2. The first-order valence-corrected chi connectivity index (χ1v) is 14.3. The standard InChI is InChI=1S/C25H36N4O6S/c1-17-9-10-20(22(30)15-29(17)36(33,34)23-8-4-5-12-26-23)27-25(32)21(14-18-6-2-3-7-18)28-24(31)19-11-13-35-16-19/h4-5,8,12,17-21H,2-3,6-7,9-11,13-16H2,1H3,(H,27,32)(H,28,31)/t17-,19?,20+,21+/m1/s1. The molecule has 4 atom stereocenters. The van der Waals surface area contributed by atoms with E-state index in [0.29, 0.717) is 44.8 Å². The van der Waals surface area contributed by atoms with Gasteiger partial charge in [-0.15, -0.1) is 0 Å². The number of ether oxygens (including phenoxy) is 1. The Bertz CT molecular complexity index is 1040. The quantitative estimate of drug-likeness (QED) is 0.529. The van der Waals surface area contributed by atoms with Gasteiger partial charge in [0.2, 0.25) is 11.8 Å². The largest absolute Gasteiger partial charge is 0.381 e. The third-order valence-electron chi connectivity index (χ3n) is 7.57. The van der Waals surface area contributed by atoms with Crippen molar-refractivity contribution < 1.29 is 27.5 Å². The first-order chi connectivity index (χ1) is 17.3. The number of hydrogen-bond donors (Lipinski definition) is 2. The van der Waals surface area contributed by atoms with E-state index in [0.717, 1.165) is 25.7 Å². The van der Waals surface area contributed by atoms with E-state index in [-0.39, 0.29) is 35.1 Å². The van der Waals surface area contributed by atoms with Gasteiger partial charge < -0.3 is 15.4 Å².